The van der Waals surface area contributed by atoms with Gasteiger partial charge in [-0.25, -0.2) is 0 Å². The molecule has 1 atom stereocenters. The Hall–Kier alpha value is -0.120. The van der Waals surface area contributed by atoms with Crippen LogP contribution in [0.4, 0.5) is 0 Å². The Morgan fingerprint density at radius 3 is 2.80 bits per heavy atom. The third kappa shape index (κ3) is 2.25. The number of hydrogen-bond donors (Lipinski definition) is 2. The molecule has 1 fully saturated rings. The van der Waals surface area contributed by atoms with Crippen LogP contribution in [0.1, 0.15) is 6.42 Å². The number of hydrogen-bond acceptors (Lipinski definition) is 3. The van der Waals surface area contributed by atoms with Crippen LogP contribution in [-0.4, -0.2) is 49.3 Å². The van der Waals surface area contributed by atoms with Crippen molar-refractivity contribution >= 4 is 0 Å². The first kappa shape index (κ1) is 7.98. The molecule has 0 radical (unpaired) electrons. The molecule has 0 aromatic carbocycles. The van der Waals surface area contributed by atoms with E-state index < -0.39 is 0 Å². The molecule has 0 aliphatic carbocycles. The first-order chi connectivity index (χ1) is 4.83. The van der Waals surface area contributed by atoms with Gasteiger partial charge in [-0.2, -0.15) is 0 Å². The molecule has 0 amide bonds. The Labute approximate surface area is 62.0 Å². The maximum Gasteiger partial charge on any atom is 0.0558 e. The zero-order chi connectivity index (χ0) is 7.40. The molecular weight excluding hydrogens is 128 g/mol. The van der Waals surface area contributed by atoms with Gasteiger partial charge in [0.25, 0.3) is 0 Å². The molecule has 0 spiro atoms. The van der Waals surface area contributed by atoms with E-state index in [1.165, 1.54) is 6.42 Å². The van der Waals surface area contributed by atoms with E-state index >= 15 is 0 Å². The van der Waals surface area contributed by atoms with Crippen molar-refractivity contribution < 1.29 is 5.11 Å². The largest absolute Gasteiger partial charge is 0.395 e. The second-order valence-corrected chi connectivity index (χ2v) is 2.93. The molecule has 1 aliphatic heterocycles. The van der Waals surface area contributed by atoms with Gasteiger partial charge in [-0.1, -0.05) is 0 Å². The number of aliphatic hydroxyl groups excluding tert-OH is 1. The van der Waals surface area contributed by atoms with Gasteiger partial charge in [0.1, 0.15) is 0 Å². The Bertz CT molecular complexity index is 93.6. The van der Waals surface area contributed by atoms with Crippen molar-refractivity contribution in [1.82, 2.24) is 10.2 Å². The van der Waals surface area contributed by atoms with Gasteiger partial charge < -0.3 is 15.3 Å². The Morgan fingerprint density at radius 1 is 1.70 bits per heavy atom. The lowest BCUT2D eigenvalue weighted by Gasteiger charge is -2.31. The number of nitrogens with zero attached hydrogens (tertiary/aromatic N) is 1. The van der Waals surface area contributed by atoms with Gasteiger partial charge >= 0.3 is 0 Å². The summed E-state index contributed by atoms with van der Waals surface area (Å²) in [5, 5.41) is 11.9. The zero-order valence-electron chi connectivity index (χ0n) is 6.51. The van der Waals surface area contributed by atoms with Crippen LogP contribution in [0.15, 0.2) is 0 Å². The number of nitrogens with one attached hydrogen (secondary N) is 1. The molecule has 1 unspecified atom stereocenters. The molecular formula is C7H16N2O. The van der Waals surface area contributed by atoms with Crippen molar-refractivity contribution in [2.45, 2.75) is 12.5 Å². The highest BCUT2D eigenvalue weighted by atomic mass is 16.3. The van der Waals surface area contributed by atoms with Gasteiger partial charge in [-0.05, 0) is 20.0 Å². The van der Waals surface area contributed by atoms with Crippen molar-refractivity contribution in [3.8, 4) is 0 Å². The van der Waals surface area contributed by atoms with E-state index in [1.807, 2.05) is 7.05 Å². The van der Waals surface area contributed by atoms with E-state index in [9.17, 15) is 0 Å². The van der Waals surface area contributed by atoms with Crippen LogP contribution in [0.3, 0.4) is 0 Å². The minimum absolute atomic E-state index is 0.267. The number of likely N-dealkylation sites (N-methyl/N-ethyl adjacent to an activating group) is 1. The van der Waals surface area contributed by atoms with E-state index in [0.717, 1.165) is 19.6 Å². The van der Waals surface area contributed by atoms with E-state index in [2.05, 4.69) is 10.2 Å². The van der Waals surface area contributed by atoms with Crippen molar-refractivity contribution in [2.75, 3.05) is 33.3 Å². The van der Waals surface area contributed by atoms with Crippen molar-refractivity contribution in [1.29, 1.82) is 0 Å². The van der Waals surface area contributed by atoms with E-state index in [4.69, 9.17) is 5.11 Å². The third-order valence-electron chi connectivity index (χ3n) is 1.94. The van der Waals surface area contributed by atoms with Crippen LogP contribution in [0.25, 0.3) is 0 Å². The van der Waals surface area contributed by atoms with Crippen LogP contribution in [0, 0.1) is 0 Å². The molecule has 0 aromatic heterocycles. The van der Waals surface area contributed by atoms with Gasteiger partial charge in [0.05, 0.1) is 6.61 Å². The van der Waals surface area contributed by atoms with Crippen molar-refractivity contribution in [3.63, 3.8) is 0 Å². The highest BCUT2D eigenvalue weighted by Crippen LogP contribution is 2.02. The molecule has 0 saturated carbocycles. The van der Waals surface area contributed by atoms with E-state index in [-0.39, 0.29) is 6.61 Å². The quantitative estimate of drug-likeness (QED) is 0.546. The van der Waals surface area contributed by atoms with Gasteiger partial charge in [-0.3, -0.25) is 0 Å². The predicted molar refractivity (Wildman–Crippen MR) is 41.0 cm³/mol. The monoisotopic (exact) mass is 144 g/mol. The highest BCUT2D eigenvalue weighted by molar-refractivity contribution is 4.79. The summed E-state index contributed by atoms with van der Waals surface area (Å²) in [5.74, 6) is 0. The zero-order valence-corrected chi connectivity index (χ0v) is 6.51. The summed E-state index contributed by atoms with van der Waals surface area (Å²) in [6.07, 6.45) is 1.29. The van der Waals surface area contributed by atoms with Crippen LogP contribution >= 0.6 is 0 Å². The normalized spacial score (nSPS) is 24.9. The highest BCUT2D eigenvalue weighted by Gasteiger charge is 2.17. The standard InChI is InChI=1S/C7H16N2O/c1-9(4-5-10)6-7-2-3-8-7/h7-8,10H,2-6H2,1H3. The maximum atomic E-state index is 8.58. The Kier molecular flexibility index (Phi) is 3.12. The van der Waals surface area contributed by atoms with Crippen molar-refractivity contribution in [2.24, 2.45) is 0 Å². The fourth-order valence-electron chi connectivity index (χ4n) is 1.14. The van der Waals surface area contributed by atoms with E-state index in [0.29, 0.717) is 6.04 Å². The molecule has 0 bridgehead atoms. The molecule has 60 valence electrons. The first-order valence-electron chi connectivity index (χ1n) is 3.85. The van der Waals surface area contributed by atoms with Crippen LogP contribution < -0.4 is 5.32 Å². The van der Waals surface area contributed by atoms with Crippen LogP contribution in [-0.2, 0) is 0 Å². The fourth-order valence-corrected chi connectivity index (χ4v) is 1.14. The molecule has 1 rings (SSSR count). The Balaban J connectivity index is 1.99. The van der Waals surface area contributed by atoms with Gasteiger partial charge in [-0.15, -0.1) is 0 Å². The molecule has 10 heavy (non-hydrogen) atoms. The summed E-state index contributed by atoms with van der Waals surface area (Å²) >= 11 is 0. The molecule has 3 heteroatoms. The first-order valence-corrected chi connectivity index (χ1v) is 3.85. The fraction of sp³-hybridized carbons (Fsp3) is 1.00. The second-order valence-electron chi connectivity index (χ2n) is 2.93. The minimum Gasteiger partial charge on any atom is -0.395 e. The lowest BCUT2D eigenvalue weighted by atomic mass is 10.1. The predicted octanol–water partition coefficient (Wildman–Crippen LogP) is -0.728. The van der Waals surface area contributed by atoms with Crippen molar-refractivity contribution in [3.05, 3.63) is 0 Å². The molecule has 1 heterocycles. The summed E-state index contributed by atoms with van der Waals surface area (Å²) in [7, 11) is 2.04. The second kappa shape index (κ2) is 3.91. The summed E-state index contributed by atoms with van der Waals surface area (Å²) in [5.41, 5.74) is 0. The summed E-state index contributed by atoms with van der Waals surface area (Å²) in [6, 6.07) is 0.677. The molecule has 3 nitrogen and oxygen atoms in total. The van der Waals surface area contributed by atoms with Crippen LogP contribution in [0.2, 0.25) is 0 Å². The average molecular weight is 144 g/mol. The SMILES string of the molecule is CN(CCO)CC1CCN1. The van der Waals surface area contributed by atoms with Gasteiger partial charge in [0.2, 0.25) is 0 Å². The molecule has 0 aromatic rings. The molecule has 2 N–H and O–H groups in total. The van der Waals surface area contributed by atoms with Crippen LogP contribution in [0.5, 0.6) is 0 Å². The lowest BCUT2D eigenvalue weighted by molar-refractivity contribution is 0.190. The molecule has 1 aliphatic rings. The Morgan fingerprint density at radius 2 is 2.40 bits per heavy atom. The average Bonchev–Trinajstić information content (AvgIpc) is 1.80. The summed E-state index contributed by atoms with van der Waals surface area (Å²) < 4.78 is 0. The third-order valence-corrected chi connectivity index (χ3v) is 1.94. The number of aliphatic hydroxyl groups is 1. The maximum absolute atomic E-state index is 8.58. The molecule has 1 saturated heterocycles. The van der Waals surface area contributed by atoms with Gasteiger partial charge in [0, 0.05) is 19.1 Å². The smallest absolute Gasteiger partial charge is 0.0558 e. The summed E-state index contributed by atoms with van der Waals surface area (Å²) in [4.78, 5) is 2.15. The van der Waals surface area contributed by atoms with E-state index in [1.54, 1.807) is 0 Å². The lowest BCUT2D eigenvalue weighted by Crippen LogP contribution is -2.49. The van der Waals surface area contributed by atoms with Gasteiger partial charge in [0.15, 0.2) is 0 Å². The topological polar surface area (TPSA) is 35.5 Å². The number of rotatable bonds is 4. The summed E-state index contributed by atoms with van der Waals surface area (Å²) in [6.45, 7) is 3.29. The minimum atomic E-state index is 0.267.